The Bertz CT molecular complexity index is 387. The van der Waals surface area contributed by atoms with E-state index in [0.717, 1.165) is 24.7 Å². The Hall–Kier alpha value is -0.730. The Morgan fingerprint density at radius 1 is 1.06 bits per heavy atom. The minimum absolute atomic E-state index is 0.352. The number of anilines is 1. The highest BCUT2D eigenvalue weighted by Gasteiger charge is 2.39. The summed E-state index contributed by atoms with van der Waals surface area (Å²) in [5.74, 6) is 0. The fraction of sp³-hybridized carbons (Fsp3) is 0.600. The van der Waals surface area contributed by atoms with Crippen molar-refractivity contribution in [3.63, 3.8) is 0 Å². The molecule has 1 saturated carbocycles. The van der Waals surface area contributed by atoms with Crippen LogP contribution in [-0.2, 0) is 0 Å². The maximum Gasteiger partial charge on any atom is 0.0526 e. The van der Waals surface area contributed by atoms with Gasteiger partial charge in [-0.2, -0.15) is 0 Å². The first-order valence-electron chi connectivity index (χ1n) is 7.04. The Balaban J connectivity index is 1.89. The fourth-order valence-electron chi connectivity index (χ4n) is 3.53. The molecule has 1 heterocycles. The van der Waals surface area contributed by atoms with Crippen molar-refractivity contribution in [3.8, 4) is 0 Å². The van der Waals surface area contributed by atoms with Gasteiger partial charge in [0, 0.05) is 30.3 Å². The minimum atomic E-state index is 0.352. The number of nitrogens with zero attached hydrogens (tertiary/aromatic N) is 1. The molecule has 3 rings (SSSR count). The summed E-state index contributed by atoms with van der Waals surface area (Å²) in [5.41, 5.74) is 1.69. The largest absolute Gasteiger partial charge is 0.363 e. The first kappa shape index (κ1) is 12.3. The van der Waals surface area contributed by atoms with Crippen LogP contribution in [-0.4, -0.2) is 25.2 Å². The van der Waals surface area contributed by atoms with Crippen molar-refractivity contribution in [3.05, 3.63) is 29.3 Å². The standard InChI is InChI=1S/C15H21ClN2/c16-13-4-6-14(7-5-13)18-11-10-17-12-15(18)8-2-1-3-9-15/h4-7,17H,1-3,8-12H2. The second-order valence-electron chi connectivity index (χ2n) is 5.59. The lowest BCUT2D eigenvalue weighted by molar-refractivity contribution is 0.241. The Labute approximate surface area is 114 Å². The van der Waals surface area contributed by atoms with Crippen LogP contribution in [0.3, 0.4) is 0 Å². The molecule has 2 aliphatic rings. The summed E-state index contributed by atoms with van der Waals surface area (Å²) < 4.78 is 0. The van der Waals surface area contributed by atoms with Crippen molar-refractivity contribution >= 4 is 17.3 Å². The van der Waals surface area contributed by atoms with E-state index in [2.05, 4.69) is 22.3 Å². The van der Waals surface area contributed by atoms with E-state index in [0.29, 0.717) is 5.54 Å². The Kier molecular flexibility index (Phi) is 3.49. The maximum absolute atomic E-state index is 6.00. The lowest BCUT2D eigenvalue weighted by Crippen LogP contribution is -2.62. The van der Waals surface area contributed by atoms with E-state index in [1.165, 1.54) is 37.8 Å². The summed E-state index contributed by atoms with van der Waals surface area (Å²) in [7, 11) is 0. The third-order valence-corrected chi connectivity index (χ3v) is 4.71. The van der Waals surface area contributed by atoms with Gasteiger partial charge in [0.15, 0.2) is 0 Å². The van der Waals surface area contributed by atoms with Crippen molar-refractivity contribution in [2.45, 2.75) is 37.6 Å². The van der Waals surface area contributed by atoms with Gasteiger partial charge in [-0.1, -0.05) is 30.9 Å². The van der Waals surface area contributed by atoms with Gasteiger partial charge in [-0.25, -0.2) is 0 Å². The van der Waals surface area contributed by atoms with E-state index in [9.17, 15) is 0 Å². The van der Waals surface area contributed by atoms with Gasteiger partial charge in [0.25, 0.3) is 0 Å². The van der Waals surface area contributed by atoms with Crippen LogP contribution in [0.25, 0.3) is 0 Å². The van der Waals surface area contributed by atoms with Gasteiger partial charge >= 0.3 is 0 Å². The van der Waals surface area contributed by atoms with Crippen molar-refractivity contribution in [1.29, 1.82) is 0 Å². The van der Waals surface area contributed by atoms with Gasteiger partial charge in [-0.3, -0.25) is 0 Å². The second kappa shape index (κ2) is 5.10. The van der Waals surface area contributed by atoms with Crippen LogP contribution < -0.4 is 10.2 Å². The van der Waals surface area contributed by atoms with Crippen LogP contribution in [0.15, 0.2) is 24.3 Å². The van der Waals surface area contributed by atoms with Gasteiger partial charge in [-0.05, 0) is 37.1 Å². The number of hydrogen-bond donors (Lipinski definition) is 1. The van der Waals surface area contributed by atoms with E-state index in [1.807, 2.05) is 12.1 Å². The lowest BCUT2D eigenvalue weighted by Gasteiger charge is -2.51. The van der Waals surface area contributed by atoms with Crippen molar-refractivity contribution in [2.75, 3.05) is 24.5 Å². The summed E-state index contributed by atoms with van der Waals surface area (Å²) in [6.07, 6.45) is 6.78. The maximum atomic E-state index is 6.00. The molecule has 1 saturated heterocycles. The zero-order valence-corrected chi connectivity index (χ0v) is 11.5. The molecule has 1 N–H and O–H groups in total. The van der Waals surface area contributed by atoms with Crippen LogP contribution in [0.1, 0.15) is 32.1 Å². The monoisotopic (exact) mass is 264 g/mol. The van der Waals surface area contributed by atoms with Crippen LogP contribution in [0.4, 0.5) is 5.69 Å². The average molecular weight is 265 g/mol. The average Bonchev–Trinajstić information content (AvgIpc) is 2.42. The highest BCUT2D eigenvalue weighted by atomic mass is 35.5. The normalized spacial score (nSPS) is 23.3. The zero-order chi connectivity index (χ0) is 12.4. The third kappa shape index (κ3) is 2.24. The molecule has 1 aromatic rings. The molecule has 1 aromatic carbocycles. The van der Waals surface area contributed by atoms with Gasteiger partial charge in [0.1, 0.15) is 0 Å². The first-order valence-corrected chi connectivity index (χ1v) is 7.42. The lowest BCUT2D eigenvalue weighted by atomic mass is 9.78. The van der Waals surface area contributed by atoms with Crippen LogP contribution in [0.2, 0.25) is 5.02 Å². The molecule has 1 aliphatic heterocycles. The van der Waals surface area contributed by atoms with Crippen LogP contribution in [0.5, 0.6) is 0 Å². The topological polar surface area (TPSA) is 15.3 Å². The molecular formula is C15H21ClN2. The summed E-state index contributed by atoms with van der Waals surface area (Å²) >= 11 is 6.00. The number of halogens is 1. The molecule has 0 radical (unpaired) electrons. The molecule has 18 heavy (non-hydrogen) atoms. The molecular weight excluding hydrogens is 244 g/mol. The molecule has 1 spiro atoms. The van der Waals surface area contributed by atoms with E-state index in [-0.39, 0.29) is 0 Å². The Morgan fingerprint density at radius 2 is 1.78 bits per heavy atom. The number of hydrogen-bond acceptors (Lipinski definition) is 2. The van der Waals surface area contributed by atoms with Gasteiger partial charge < -0.3 is 10.2 Å². The summed E-state index contributed by atoms with van der Waals surface area (Å²) in [6.45, 7) is 3.33. The number of rotatable bonds is 1. The number of benzene rings is 1. The van der Waals surface area contributed by atoms with E-state index in [1.54, 1.807) is 0 Å². The number of nitrogens with one attached hydrogen (secondary N) is 1. The predicted octanol–water partition coefficient (Wildman–Crippen LogP) is 3.45. The predicted molar refractivity (Wildman–Crippen MR) is 77.5 cm³/mol. The molecule has 0 bridgehead atoms. The molecule has 0 atom stereocenters. The van der Waals surface area contributed by atoms with E-state index in [4.69, 9.17) is 11.6 Å². The van der Waals surface area contributed by atoms with Gasteiger partial charge in [0.05, 0.1) is 5.54 Å². The number of piperazine rings is 1. The van der Waals surface area contributed by atoms with Gasteiger partial charge in [0.2, 0.25) is 0 Å². The van der Waals surface area contributed by atoms with Gasteiger partial charge in [-0.15, -0.1) is 0 Å². The first-order chi connectivity index (χ1) is 8.80. The molecule has 3 heteroatoms. The zero-order valence-electron chi connectivity index (χ0n) is 10.8. The molecule has 0 amide bonds. The highest BCUT2D eigenvalue weighted by Crippen LogP contribution is 2.37. The van der Waals surface area contributed by atoms with E-state index >= 15 is 0 Å². The van der Waals surface area contributed by atoms with Crippen molar-refractivity contribution in [2.24, 2.45) is 0 Å². The summed E-state index contributed by atoms with van der Waals surface area (Å²) in [6, 6.07) is 8.36. The molecule has 2 fully saturated rings. The molecule has 1 aliphatic carbocycles. The summed E-state index contributed by atoms with van der Waals surface area (Å²) in [4.78, 5) is 2.62. The molecule has 98 valence electrons. The summed E-state index contributed by atoms with van der Waals surface area (Å²) in [5, 5.41) is 4.41. The van der Waals surface area contributed by atoms with Crippen molar-refractivity contribution < 1.29 is 0 Å². The second-order valence-corrected chi connectivity index (χ2v) is 6.03. The Morgan fingerprint density at radius 3 is 2.50 bits per heavy atom. The minimum Gasteiger partial charge on any atom is -0.363 e. The van der Waals surface area contributed by atoms with E-state index < -0.39 is 0 Å². The molecule has 2 nitrogen and oxygen atoms in total. The van der Waals surface area contributed by atoms with Crippen LogP contribution in [0, 0.1) is 0 Å². The van der Waals surface area contributed by atoms with Crippen molar-refractivity contribution in [1.82, 2.24) is 5.32 Å². The smallest absolute Gasteiger partial charge is 0.0526 e. The highest BCUT2D eigenvalue weighted by molar-refractivity contribution is 6.30. The molecule has 0 unspecified atom stereocenters. The SMILES string of the molecule is Clc1ccc(N2CCNCC23CCCCC3)cc1. The van der Waals surface area contributed by atoms with Crippen LogP contribution >= 0.6 is 11.6 Å². The quantitative estimate of drug-likeness (QED) is 0.836. The molecule has 0 aromatic heterocycles. The third-order valence-electron chi connectivity index (χ3n) is 4.46. The fourth-order valence-corrected chi connectivity index (χ4v) is 3.65.